The predicted octanol–water partition coefficient (Wildman–Crippen LogP) is 4.69. The summed E-state index contributed by atoms with van der Waals surface area (Å²) >= 11 is 3.44. The van der Waals surface area contributed by atoms with Gasteiger partial charge in [-0.15, -0.1) is 0 Å². The SMILES string of the molecule is Cc1ccc(Br)cc1C(N)c1cc2cccc(F)c2o1. The molecule has 0 saturated heterocycles. The van der Waals surface area contributed by atoms with Gasteiger partial charge in [-0.1, -0.05) is 34.1 Å². The monoisotopic (exact) mass is 333 g/mol. The van der Waals surface area contributed by atoms with Crippen LogP contribution in [0.3, 0.4) is 0 Å². The highest BCUT2D eigenvalue weighted by Gasteiger charge is 2.17. The van der Waals surface area contributed by atoms with Crippen molar-refractivity contribution in [2.24, 2.45) is 5.73 Å². The van der Waals surface area contributed by atoms with Gasteiger partial charge in [-0.25, -0.2) is 4.39 Å². The fourth-order valence-electron chi connectivity index (χ4n) is 2.30. The lowest BCUT2D eigenvalue weighted by molar-refractivity contribution is 0.501. The van der Waals surface area contributed by atoms with E-state index in [0.717, 1.165) is 21.0 Å². The van der Waals surface area contributed by atoms with Crippen molar-refractivity contribution in [1.82, 2.24) is 0 Å². The lowest BCUT2D eigenvalue weighted by atomic mass is 10.00. The van der Waals surface area contributed by atoms with E-state index in [0.29, 0.717) is 5.76 Å². The quantitative estimate of drug-likeness (QED) is 0.738. The Labute approximate surface area is 124 Å². The lowest BCUT2D eigenvalue weighted by Crippen LogP contribution is -2.12. The maximum absolute atomic E-state index is 13.7. The van der Waals surface area contributed by atoms with E-state index in [1.54, 1.807) is 12.1 Å². The number of hydrogen-bond acceptors (Lipinski definition) is 2. The van der Waals surface area contributed by atoms with Gasteiger partial charge in [0.15, 0.2) is 11.4 Å². The van der Waals surface area contributed by atoms with Crippen LogP contribution in [0.5, 0.6) is 0 Å². The second-order valence-corrected chi connectivity index (χ2v) is 5.70. The number of hydrogen-bond donors (Lipinski definition) is 1. The van der Waals surface area contributed by atoms with Gasteiger partial charge in [0.05, 0.1) is 6.04 Å². The minimum atomic E-state index is -0.417. The van der Waals surface area contributed by atoms with E-state index in [1.165, 1.54) is 6.07 Å². The third kappa shape index (κ3) is 2.25. The Kier molecular flexibility index (Phi) is 3.36. The van der Waals surface area contributed by atoms with Crippen LogP contribution in [0.4, 0.5) is 4.39 Å². The summed E-state index contributed by atoms with van der Waals surface area (Å²) in [6, 6.07) is 12.1. The summed E-state index contributed by atoms with van der Waals surface area (Å²) in [6.07, 6.45) is 0. The van der Waals surface area contributed by atoms with Crippen LogP contribution in [0.1, 0.15) is 22.9 Å². The van der Waals surface area contributed by atoms with Crippen LogP contribution in [0.25, 0.3) is 11.0 Å². The van der Waals surface area contributed by atoms with Crippen LogP contribution in [-0.2, 0) is 0 Å². The molecule has 3 rings (SSSR count). The molecule has 0 saturated carbocycles. The van der Waals surface area contributed by atoms with Crippen molar-refractivity contribution < 1.29 is 8.81 Å². The molecule has 102 valence electrons. The number of benzene rings is 2. The van der Waals surface area contributed by atoms with E-state index in [9.17, 15) is 4.39 Å². The standard InChI is InChI=1S/C16H13BrFNO/c1-9-5-6-11(17)8-12(9)15(19)14-7-10-3-2-4-13(18)16(10)20-14/h2-8,15H,19H2,1H3. The molecule has 1 atom stereocenters. The molecule has 2 aromatic carbocycles. The summed E-state index contributed by atoms with van der Waals surface area (Å²) in [6.45, 7) is 1.99. The fourth-order valence-corrected chi connectivity index (χ4v) is 2.68. The number of para-hydroxylation sites is 1. The smallest absolute Gasteiger partial charge is 0.169 e. The highest BCUT2D eigenvalue weighted by molar-refractivity contribution is 9.10. The molecule has 0 bridgehead atoms. The summed E-state index contributed by atoms with van der Waals surface area (Å²) in [7, 11) is 0. The largest absolute Gasteiger partial charge is 0.456 e. The molecule has 0 aliphatic heterocycles. The Morgan fingerprint density at radius 3 is 2.75 bits per heavy atom. The topological polar surface area (TPSA) is 39.2 Å². The van der Waals surface area contributed by atoms with E-state index in [2.05, 4.69) is 15.9 Å². The van der Waals surface area contributed by atoms with Gasteiger partial charge in [-0.2, -0.15) is 0 Å². The predicted molar refractivity (Wildman–Crippen MR) is 81.1 cm³/mol. The highest BCUT2D eigenvalue weighted by Crippen LogP contribution is 2.30. The van der Waals surface area contributed by atoms with Gasteiger partial charge in [-0.05, 0) is 42.3 Å². The van der Waals surface area contributed by atoms with Crippen molar-refractivity contribution in [1.29, 1.82) is 0 Å². The average molecular weight is 334 g/mol. The first-order chi connectivity index (χ1) is 9.56. The Bertz CT molecular complexity index is 781. The Morgan fingerprint density at radius 2 is 2.00 bits per heavy atom. The van der Waals surface area contributed by atoms with E-state index < -0.39 is 6.04 Å². The highest BCUT2D eigenvalue weighted by atomic mass is 79.9. The van der Waals surface area contributed by atoms with Gasteiger partial charge in [0.25, 0.3) is 0 Å². The molecule has 1 heterocycles. The normalized spacial score (nSPS) is 12.8. The fraction of sp³-hybridized carbons (Fsp3) is 0.125. The van der Waals surface area contributed by atoms with Gasteiger partial charge >= 0.3 is 0 Å². The molecule has 20 heavy (non-hydrogen) atoms. The average Bonchev–Trinajstić information content (AvgIpc) is 2.86. The van der Waals surface area contributed by atoms with E-state index >= 15 is 0 Å². The maximum Gasteiger partial charge on any atom is 0.169 e. The summed E-state index contributed by atoms with van der Waals surface area (Å²) in [5.41, 5.74) is 8.55. The lowest BCUT2D eigenvalue weighted by Gasteiger charge is -2.12. The summed E-state index contributed by atoms with van der Waals surface area (Å²) < 4.78 is 20.2. The third-order valence-electron chi connectivity index (χ3n) is 3.40. The maximum atomic E-state index is 13.7. The number of fused-ring (bicyclic) bond motifs is 1. The van der Waals surface area contributed by atoms with Crippen LogP contribution in [0.2, 0.25) is 0 Å². The molecule has 4 heteroatoms. The molecular weight excluding hydrogens is 321 g/mol. The minimum Gasteiger partial charge on any atom is -0.456 e. The molecule has 0 aliphatic rings. The second-order valence-electron chi connectivity index (χ2n) is 4.79. The molecule has 1 aromatic heterocycles. The van der Waals surface area contributed by atoms with Crippen molar-refractivity contribution in [2.75, 3.05) is 0 Å². The van der Waals surface area contributed by atoms with Crippen molar-refractivity contribution in [2.45, 2.75) is 13.0 Å². The first-order valence-electron chi connectivity index (χ1n) is 6.26. The van der Waals surface area contributed by atoms with Crippen LogP contribution in [-0.4, -0.2) is 0 Å². The van der Waals surface area contributed by atoms with E-state index in [1.807, 2.05) is 31.2 Å². The van der Waals surface area contributed by atoms with Crippen molar-refractivity contribution in [3.05, 3.63) is 69.6 Å². The first-order valence-corrected chi connectivity index (χ1v) is 7.05. The Balaban J connectivity index is 2.10. The molecule has 2 N–H and O–H groups in total. The van der Waals surface area contributed by atoms with E-state index in [4.69, 9.17) is 10.2 Å². The zero-order valence-electron chi connectivity index (χ0n) is 10.9. The summed E-state index contributed by atoms with van der Waals surface area (Å²) in [5, 5.41) is 0.725. The molecule has 0 spiro atoms. The van der Waals surface area contributed by atoms with Crippen molar-refractivity contribution >= 4 is 26.9 Å². The third-order valence-corrected chi connectivity index (χ3v) is 3.89. The molecule has 2 nitrogen and oxygen atoms in total. The first kappa shape index (κ1) is 13.3. The van der Waals surface area contributed by atoms with E-state index in [-0.39, 0.29) is 11.4 Å². The summed E-state index contributed by atoms with van der Waals surface area (Å²) in [4.78, 5) is 0. The van der Waals surface area contributed by atoms with Gasteiger partial charge in [0.2, 0.25) is 0 Å². The number of halogens is 2. The zero-order chi connectivity index (χ0) is 14.3. The van der Waals surface area contributed by atoms with Gasteiger partial charge < -0.3 is 10.2 Å². The number of nitrogens with two attached hydrogens (primary N) is 1. The molecule has 0 aliphatic carbocycles. The van der Waals surface area contributed by atoms with Gasteiger partial charge in [0.1, 0.15) is 5.76 Å². The van der Waals surface area contributed by atoms with Gasteiger partial charge in [0, 0.05) is 9.86 Å². The van der Waals surface area contributed by atoms with Gasteiger partial charge in [-0.3, -0.25) is 0 Å². The zero-order valence-corrected chi connectivity index (χ0v) is 12.4. The second kappa shape index (κ2) is 5.04. The van der Waals surface area contributed by atoms with Crippen LogP contribution < -0.4 is 5.73 Å². The Morgan fingerprint density at radius 1 is 1.20 bits per heavy atom. The summed E-state index contributed by atoms with van der Waals surface area (Å²) in [5.74, 6) is 0.193. The Hall–Kier alpha value is -1.65. The van der Waals surface area contributed by atoms with Crippen molar-refractivity contribution in [3.8, 4) is 0 Å². The molecule has 0 radical (unpaired) electrons. The number of furan rings is 1. The molecular formula is C16H13BrFNO. The molecule has 0 fully saturated rings. The molecule has 3 aromatic rings. The minimum absolute atomic E-state index is 0.255. The molecule has 0 amide bonds. The van der Waals surface area contributed by atoms with Crippen LogP contribution >= 0.6 is 15.9 Å². The number of rotatable bonds is 2. The molecule has 1 unspecified atom stereocenters. The number of aryl methyl sites for hydroxylation is 1. The van der Waals surface area contributed by atoms with Crippen LogP contribution in [0.15, 0.2) is 51.4 Å². The van der Waals surface area contributed by atoms with Crippen molar-refractivity contribution in [3.63, 3.8) is 0 Å². The van der Waals surface area contributed by atoms with Crippen LogP contribution in [0, 0.1) is 12.7 Å².